The summed E-state index contributed by atoms with van der Waals surface area (Å²) in [5.41, 5.74) is 2.62. The van der Waals surface area contributed by atoms with Crippen LogP contribution in [0.5, 0.6) is 0 Å². The molecule has 0 atom stereocenters. The number of benzene rings is 1. The van der Waals surface area contributed by atoms with E-state index in [4.69, 9.17) is 23.2 Å². The van der Waals surface area contributed by atoms with Gasteiger partial charge in [-0.2, -0.15) is 0 Å². The molecule has 1 aliphatic heterocycles. The van der Waals surface area contributed by atoms with Crippen LogP contribution in [0.25, 0.3) is 0 Å². The third-order valence-electron chi connectivity index (χ3n) is 4.63. The first kappa shape index (κ1) is 27.3. The van der Waals surface area contributed by atoms with Gasteiger partial charge in [-0.1, -0.05) is 29.3 Å². The lowest BCUT2D eigenvalue weighted by molar-refractivity contribution is 0.134. The van der Waals surface area contributed by atoms with Gasteiger partial charge in [0, 0.05) is 51.7 Å². The first-order valence-electron chi connectivity index (χ1n) is 8.48. The minimum Gasteiger partial charge on any atom is -0.300 e. The maximum atomic E-state index is 6.08. The Morgan fingerprint density at radius 3 is 1.74 bits per heavy atom. The van der Waals surface area contributed by atoms with E-state index in [9.17, 15) is 0 Å². The van der Waals surface area contributed by atoms with Gasteiger partial charge in [-0.25, -0.2) is 0 Å². The highest BCUT2D eigenvalue weighted by molar-refractivity contribution is 8.93. The maximum absolute atomic E-state index is 6.08. The fraction of sp³-hybridized carbons (Fsp3) is 0.421. The van der Waals surface area contributed by atoms with E-state index >= 15 is 0 Å². The van der Waals surface area contributed by atoms with E-state index in [1.165, 1.54) is 11.1 Å². The molecule has 0 N–H and O–H groups in total. The second kappa shape index (κ2) is 14.3. The molecule has 0 saturated carbocycles. The normalized spacial score (nSPS) is 14.6. The Hall–Kier alpha value is 0.310. The van der Waals surface area contributed by atoms with Crippen molar-refractivity contribution < 1.29 is 0 Å². The van der Waals surface area contributed by atoms with Crippen LogP contribution in [0.1, 0.15) is 11.1 Å². The molecule has 1 aromatic heterocycles. The van der Waals surface area contributed by atoms with E-state index in [-0.39, 0.29) is 50.9 Å². The lowest BCUT2D eigenvalue weighted by Gasteiger charge is -2.34. The number of pyridine rings is 1. The average molecular weight is 607 g/mol. The number of aromatic nitrogens is 1. The Labute approximate surface area is 203 Å². The first-order valence-corrected chi connectivity index (χ1v) is 9.24. The van der Waals surface area contributed by atoms with Crippen molar-refractivity contribution in [2.45, 2.75) is 12.8 Å². The van der Waals surface area contributed by atoms with Crippen LogP contribution in [0.4, 0.5) is 0 Å². The van der Waals surface area contributed by atoms with Gasteiger partial charge in [0.05, 0.1) is 10.0 Å². The molecule has 1 saturated heterocycles. The lowest BCUT2D eigenvalue weighted by Crippen LogP contribution is -2.47. The molecule has 3 rings (SSSR count). The molecule has 1 aromatic carbocycles. The zero-order valence-electron chi connectivity index (χ0n) is 15.0. The van der Waals surface area contributed by atoms with Gasteiger partial charge in [0.1, 0.15) is 0 Å². The molecule has 1 fully saturated rings. The molecule has 27 heavy (non-hydrogen) atoms. The van der Waals surface area contributed by atoms with E-state index in [1.807, 2.05) is 24.5 Å². The van der Waals surface area contributed by atoms with Crippen LogP contribution in [-0.4, -0.2) is 54.1 Å². The average Bonchev–Trinajstić information content (AvgIpc) is 2.63. The summed E-state index contributed by atoms with van der Waals surface area (Å²) in [5, 5.41) is 1.28. The van der Waals surface area contributed by atoms with E-state index < -0.39 is 0 Å². The smallest absolute Gasteiger partial charge is 0.0595 e. The van der Waals surface area contributed by atoms with Crippen LogP contribution in [0.3, 0.4) is 0 Å². The molecule has 2 heterocycles. The van der Waals surface area contributed by atoms with Gasteiger partial charge in [-0.05, 0) is 48.2 Å². The fourth-order valence-corrected chi connectivity index (χ4v) is 3.38. The molecule has 0 amide bonds. The SMILES string of the molecule is Br.Br.Br.Clc1ccc(CCN2CCN(CCc3ccncc3)CC2)cc1Cl. The number of nitrogens with zero attached hydrogens (tertiary/aromatic N) is 3. The van der Waals surface area contributed by atoms with Gasteiger partial charge < -0.3 is 9.80 Å². The predicted molar refractivity (Wildman–Crippen MR) is 132 cm³/mol. The largest absolute Gasteiger partial charge is 0.300 e. The van der Waals surface area contributed by atoms with Crippen molar-refractivity contribution in [1.82, 2.24) is 14.8 Å². The molecule has 2 aromatic rings. The summed E-state index contributed by atoms with van der Waals surface area (Å²) in [4.78, 5) is 9.15. The summed E-state index contributed by atoms with van der Waals surface area (Å²) in [6.45, 7) is 6.77. The molecule has 152 valence electrons. The minimum absolute atomic E-state index is 0. The van der Waals surface area contributed by atoms with Crippen molar-refractivity contribution in [3.05, 3.63) is 63.9 Å². The second-order valence-corrected chi connectivity index (χ2v) is 7.10. The molecular formula is C19H26Br3Cl2N3. The summed E-state index contributed by atoms with van der Waals surface area (Å²) >= 11 is 12.1. The first-order chi connectivity index (χ1) is 11.7. The Morgan fingerprint density at radius 1 is 0.704 bits per heavy atom. The highest BCUT2D eigenvalue weighted by Crippen LogP contribution is 2.22. The number of rotatable bonds is 6. The molecule has 3 nitrogen and oxygen atoms in total. The zero-order valence-corrected chi connectivity index (χ0v) is 21.7. The Bertz CT molecular complexity index is 654. The van der Waals surface area contributed by atoms with Crippen molar-refractivity contribution in [2.24, 2.45) is 0 Å². The second-order valence-electron chi connectivity index (χ2n) is 6.29. The summed E-state index contributed by atoms with van der Waals surface area (Å²) in [6.07, 6.45) is 5.87. The Morgan fingerprint density at radius 2 is 1.22 bits per heavy atom. The molecule has 0 radical (unpaired) electrons. The van der Waals surface area contributed by atoms with E-state index in [0.717, 1.165) is 52.1 Å². The Kier molecular flexibility index (Phi) is 14.5. The number of halogens is 5. The molecule has 0 spiro atoms. The van der Waals surface area contributed by atoms with Crippen molar-refractivity contribution in [3.8, 4) is 0 Å². The van der Waals surface area contributed by atoms with Crippen LogP contribution in [0.2, 0.25) is 10.0 Å². The zero-order chi connectivity index (χ0) is 16.8. The molecule has 0 unspecified atom stereocenters. The van der Waals surface area contributed by atoms with Gasteiger partial charge in [-0.15, -0.1) is 50.9 Å². The third-order valence-corrected chi connectivity index (χ3v) is 5.37. The summed E-state index contributed by atoms with van der Waals surface area (Å²) in [6, 6.07) is 10.1. The summed E-state index contributed by atoms with van der Waals surface area (Å²) in [5.74, 6) is 0. The minimum atomic E-state index is 0. The van der Waals surface area contributed by atoms with E-state index in [0.29, 0.717) is 10.0 Å². The number of hydrogen-bond acceptors (Lipinski definition) is 3. The van der Waals surface area contributed by atoms with Gasteiger partial charge in [0.2, 0.25) is 0 Å². The van der Waals surface area contributed by atoms with Gasteiger partial charge in [0.25, 0.3) is 0 Å². The van der Waals surface area contributed by atoms with Gasteiger partial charge >= 0.3 is 0 Å². The van der Waals surface area contributed by atoms with Crippen molar-refractivity contribution >= 4 is 74.1 Å². The van der Waals surface area contributed by atoms with Gasteiger partial charge in [0.15, 0.2) is 0 Å². The predicted octanol–water partition coefficient (Wildman–Crippen LogP) is 5.52. The number of hydrogen-bond donors (Lipinski definition) is 0. The molecule has 1 aliphatic rings. The van der Waals surface area contributed by atoms with Gasteiger partial charge in [-0.3, -0.25) is 4.98 Å². The lowest BCUT2D eigenvalue weighted by atomic mass is 10.1. The van der Waals surface area contributed by atoms with Crippen LogP contribution < -0.4 is 0 Å². The van der Waals surface area contributed by atoms with E-state index in [1.54, 1.807) is 0 Å². The summed E-state index contributed by atoms with van der Waals surface area (Å²) in [7, 11) is 0. The monoisotopic (exact) mass is 603 g/mol. The Balaban J connectivity index is 0.00000225. The van der Waals surface area contributed by atoms with E-state index in [2.05, 4.69) is 33.0 Å². The summed E-state index contributed by atoms with van der Waals surface area (Å²) < 4.78 is 0. The quantitative estimate of drug-likeness (QED) is 0.432. The van der Waals surface area contributed by atoms with Crippen LogP contribution in [-0.2, 0) is 12.8 Å². The third kappa shape index (κ3) is 9.11. The molecular weight excluding hydrogens is 581 g/mol. The molecule has 0 bridgehead atoms. The van der Waals surface area contributed by atoms with Crippen molar-refractivity contribution in [3.63, 3.8) is 0 Å². The topological polar surface area (TPSA) is 19.4 Å². The highest BCUT2D eigenvalue weighted by Gasteiger charge is 2.16. The number of piperazine rings is 1. The van der Waals surface area contributed by atoms with Crippen molar-refractivity contribution in [1.29, 1.82) is 0 Å². The molecule has 0 aliphatic carbocycles. The van der Waals surface area contributed by atoms with Crippen LogP contribution in [0, 0.1) is 0 Å². The van der Waals surface area contributed by atoms with Crippen LogP contribution in [0.15, 0.2) is 42.7 Å². The standard InChI is InChI=1S/C19H23Cl2N3.3BrH/c20-18-2-1-17(15-19(18)21)6-10-24-13-11-23(12-14-24)9-5-16-3-7-22-8-4-16;;;/h1-4,7-8,15H,5-6,9-14H2;3*1H. The maximum Gasteiger partial charge on any atom is 0.0595 e. The van der Waals surface area contributed by atoms with Crippen molar-refractivity contribution in [2.75, 3.05) is 39.3 Å². The fourth-order valence-electron chi connectivity index (χ4n) is 3.06. The van der Waals surface area contributed by atoms with Crippen LogP contribution >= 0.6 is 74.1 Å². The highest BCUT2D eigenvalue weighted by atomic mass is 79.9. The molecule has 8 heteroatoms.